The maximum Gasteiger partial charge on any atom is 0.248 e. The van der Waals surface area contributed by atoms with Crippen LogP contribution >= 0.6 is 0 Å². The third kappa shape index (κ3) is 3.64. The van der Waals surface area contributed by atoms with Gasteiger partial charge in [0.25, 0.3) is 0 Å². The molecule has 3 heteroatoms. The van der Waals surface area contributed by atoms with Gasteiger partial charge in [0, 0.05) is 25.1 Å². The molecule has 14 heavy (non-hydrogen) atoms. The summed E-state index contributed by atoms with van der Waals surface area (Å²) in [5, 5.41) is 3.13. The zero-order chi connectivity index (χ0) is 10.6. The average molecular weight is 203 g/mol. The third-order valence-electron chi connectivity index (χ3n) is 2.80. The Labute approximate surface area is 84.6 Å². The monoisotopic (exact) mass is 203 g/mol. The molecule has 1 aliphatic carbocycles. The molecule has 0 saturated heterocycles. The molecule has 82 valence electrons. The number of nitrogens with one attached hydrogen (secondary N) is 1. The van der Waals surface area contributed by atoms with Crippen molar-refractivity contribution in [3.63, 3.8) is 0 Å². The van der Waals surface area contributed by atoms with E-state index in [0.29, 0.717) is 18.8 Å². The summed E-state index contributed by atoms with van der Waals surface area (Å²) in [4.78, 5) is 0. The van der Waals surface area contributed by atoms with Crippen LogP contribution in [0.5, 0.6) is 0 Å². The fourth-order valence-electron chi connectivity index (χ4n) is 1.97. The van der Waals surface area contributed by atoms with Gasteiger partial charge in [0.2, 0.25) is 5.92 Å². The van der Waals surface area contributed by atoms with E-state index in [1.165, 1.54) is 0 Å². The second-order valence-corrected chi connectivity index (χ2v) is 4.14. The Morgan fingerprint density at radius 2 is 2.00 bits per heavy atom. The van der Waals surface area contributed by atoms with E-state index in [0.717, 1.165) is 18.7 Å². The zero-order valence-corrected chi connectivity index (χ0v) is 8.78. The lowest BCUT2D eigenvalue weighted by molar-refractivity contribution is -0.0457. The molecule has 0 heterocycles. The number of hydrogen-bond donors (Lipinski definition) is 1. The van der Waals surface area contributed by atoms with Gasteiger partial charge < -0.3 is 5.32 Å². The van der Waals surface area contributed by atoms with Crippen LogP contribution in [0.25, 0.3) is 0 Å². The first-order chi connectivity index (χ1) is 6.53. The van der Waals surface area contributed by atoms with Crippen molar-refractivity contribution in [2.45, 2.75) is 45.0 Å². The second kappa shape index (κ2) is 4.76. The molecule has 1 rings (SSSR count). The van der Waals surface area contributed by atoms with Crippen LogP contribution < -0.4 is 5.32 Å². The Hall–Kier alpha value is -0.600. The zero-order valence-electron chi connectivity index (χ0n) is 8.78. The van der Waals surface area contributed by atoms with Gasteiger partial charge in [-0.25, -0.2) is 8.78 Å². The molecule has 0 radical (unpaired) electrons. The fraction of sp³-hybridized carbons (Fsp3) is 0.818. The second-order valence-electron chi connectivity index (χ2n) is 4.14. The van der Waals surface area contributed by atoms with Crippen molar-refractivity contribution >= 4 is 0 Å². The molecule has 0 atom stereocenters. The van der Waals surface area contributed by atoms with Crippen LogP contribution in [0.15, 0.2) is 12.3 Å². The molecule has 0 bridgehead atoms. The molecule has 1 aliphatic rings. The van der Waals surface area contributed by atoms with E-state index in [-0.39, 0.29) is 12.8 Å². The van der Waals surface area contributed by atoms with Crippen LogP contribution in [0.1, 0.15) is 39.0 Å². The first kappa shape index (κ1) is 11.5. The largest absolute Gasteiger partial charge is 0.389 e. The van der Waals surface area contributed by atoms with Crippen molar-refractivity contribution in [3.8, 4) is 0 Å². The Bertz CT molecular complexity index is 191. The normalized spacial score (nSPS) is 21.9. The number of alkyl halides is 2. The quantitative estimate of drug-likeness (QED) is 0.739. The summed E-state index contributed by atoms with van der Waals surface area (Å²) in [5.74, 6) is -2.00. The van der Waals surface area contributed by atoms with Crippen LogP contribution in [-0.4, -0.2) is 12.5 Å². The van der Waals surface area contributed by atoms with Crippen molar-refractivity contribution in [2.75, 3.05) is 6.54 Å². The smallest absolute Gasteiger partial charge is 0.248 e. The highest BCUT2D eigenvalue weighted by Gasteiger charge is 2.34. The van der Waals surface area contributed by atoms with E-state index in [4.69, 9.17) is 0 Å². The summed E-state index contributed by atoms with van der Waals surface area (Å²) >= 11 is 0. The van der Waals surface area contributed by atoms with Crippen LogP contribution in [0.2, 0.25) is 0 Å². The van der Waals surface area contributed by atoms with Gasteiger partial charge in [-0.15, -0.1) is 0 Å². The van der Waals surface area contributed by atoms with Crippen LogP contribution in [0.3, 0.4) is 0 Å². The Morgan fingerprint density at radius 3 is 2.50 bits per heavy atom. The molecule has 0 unspecified atom stereocenters. The molecule has 1 fully saturated rings. The SMILES string of the molecule is C=C(CC1CCC(F)(F)CC1)NCC. The lowest BCUT2D eigenvalue weighted by Gasteiger charge is -2.28. The first-order valence-electron chi connectivity index (χ1n) is 5.33. The summed E-state index contributed by atoms with van der Waals surface area (Å²) in [7, 11) is 0. The Kier molecular flexibility index (Phi) is 3.90. The van der Waals surface area contributed by atoms with Gasteiger partial charge in [-0.2, -0.15) is 0 Å². The minimum atomic E-state index is -2.41. The molecule has 0 spiro atoms. The highest BCUT2D eigenvalue weighted by Crippen LogP contribution is 2.37. The maximum absolute atomic E-state index is 12.8. The van der Waals surface area contributed by atoms with Gasteiger partial charge in [0.05, 0.1) is 0 Å². The van der Waals surface area contributed by atoms with E-state index in [1.807, 2.05) is 6.92 Å². The lowest BCUT2D eigenvalue weighted by Crippen LogP contribution is -2.26. The lowest BCUT2D eigenvalue weighted by atomic mass is 9.84. The standard InChI is InChI=1S/C11H19F2N/c1-3-14-9(2)8-10-4-6-11(12,13)7-5-10/h10,14H,2-8H2,1H3. The average Bonchev–Trinajstić information content (AvgIpc) is 2.09. The topological polar surface area (TPSA) is 12.0 Å². The maximum atomic E-state index is 12.8. The molecule has 0 aromatic heterocycles. The molecule has 0 aliphatic heterocycles. The summed E-state index contributed by atoms with van der Waals surface area (Å²) in [5.41, 5.74) is 0.989. The Balaban J connectivity index is 2.25. The van der Waals surface area contributed by atoms with Crippen molar-refractivity contribution in [2.24, 2.45) is 5.92 Å². The van der Waals surface area contributed by atoms with Crippen LogP contribution in [0, 0.1) is 5.92 Å². The number of rotatable bonds is 4. The number of halogens is 2. The van der Waals surface area contributed by atoms with Gasteiger partial charge in [-0.05, 0) is 32.1 Å². The predicted octanol–water partition coefficient (Wildman–Crippen LogP) is 3.33. The number of hydrogen-bond acceptors (Lipinski definition) is 1. The van der Waals surface area contributed by atoms with Crippen molar-refractivity contribution in [3.05, 3.63) is 12.3 Å². The third-order valence-corrected chi connectivity index (χ3v) is 2.80. The van der Waals surface area contributed by atoms with E-state index < -0.39 is 5.92 Å². The van der Waals surface area contributed by atoms with Gasteiger partial charge in [0.15, 0.2) is 0 Å². The minimum absolute atomic E-state index is 0.0527. The van der Waals surface area contributed by atoms with Gasteiger partial charge in [-0.3, -0.25) is 0 Å². The highest BCUT2D eigenvalue weighted by molar-refractivity contribution is 4.94. The van der Waals surface area contributed by atoms with Crippen molar-refractivity contribution < 1.29 is 8.78 Å². The predicted molar refractivity (Wildman–Crippen MR) is 54.3 cm³/mol. The van der Waals surface area contributed by atoms with Crippen LogP contribution in [-0.2, 0) is 0 Å². The molecular formula is C11H19F2N. The van der Waals surface area contributed by atoms with E-state index >= 15 is 0 Å². The Morgan fingerprint density at radius 1 is 1.43 bits per heavy atom. The van der Waals surface area contributed by atoms with Crippen LogP contribution in [0.4, 0.5) is 8.78 Å². The molecular weight excluding hydrogens is 184 g/mol. The highest BCUT2D eigenvalue weighted by atomic mass is 19.3. The summed E-state index contributed by atoms with van der Waals surface area (Å²) in [6.07, 6.45) is 2.23. The molecule has 1 nitrogen and oxygen atoms in total. The van der Waals surface area contributed by atoms with E-state index in [2.05, 4.69) is 11.9 Å². The van der Waals surface area contributed by atoms with E-state index in [1.54, 1.807) is 0 Å². The molecule has 0 aromatic carbocycles. The summed E-state index contributed by atoms with van der Waals surface area (Å²) in [6, 6.07) is 0. The van der Waals surface area contributed by atoms with Gasteiger partial charge in [0.1, 0.15) is 0 Å². The summed E-state index contributed by atoms with van der Waals surface area (Å²) < 4.78 is 25.7. The fourth-order valence-corrected chi connectivity index (χ4v) is 1.97. The minimum Gasteiger partial charge on any atom is -0.389 e. The molecule has 1 saturated carbocycles. The van der Waals surface area contributed by atoms with Crippen molar-refractivity contribution in [1.29, 1.82) is 0 Å². The van der Waals surface area contributed by atoms with Crippen molar-refractivity contribution in [1.82, 2.24) is 5.32 Å². The molecule has 1 N–H and O–H groups in total. The summed E-state index contributed by atoms with van der Waals surface area (Å²) in [6.45, 7) is 6.75. The molecule has 0 amide bonds. The first-order valence-corrected chi connectivity index (χ1v) is 5.33. The molecule has 0 aromatic rings. The van der Waals surface area contributed by atoms with Gasteiger partial charge >= 0.3 is 0 Å². The van der Waals surface area contributed by atoms with E-state index in [9.17, 15) is 8.78 Å². The number of allylic oxidation sites excluding steroid dienone is 1. The van der Waals surface area contributed by atoms with Gasteiger partial charge in [-0.1, -0.05) is 6.58 Å².